The molecule has 34 heavy (non-hydrogen) atoms. The molecule has 3 aromatic carbocycles. The van der Waals surface area contributed by atoms with Gasteiger partial charge in [-0.05, 0) is 42.8 Å². The Morgan fingerprint density at radius 3 is 2.71 bits per heavy atom. The van der Waals surface area contributed by atoms with Gasteiger partial charge in [-0.1, -0.05) is 35.9 Å². The lowest BCUT2D eigenvalue weighted by molar-refractivity contribution is -0.123. The summed E-state index contributed by atoms with van der Waals surface area (Å²) in [6.45, 7) is 2.70. The highest BCUT2D eigenvalue weighted by Gasteiger charge is 2.59. The second-order valence-electron chi connectivity index (χ2n) is 8.34. The van der Waals surface area contributed by atoms with Gasteiger partial charge in [0.25, 0.3) is 5.91 Å². The highest BCUT2D eigenvalue weighted by molar-refractivity contribution is 8.01. The van der Waals surface area contributed by atoms with E-state index in [1.54, 1.807) is 53.3 Å². The van der Waals surface area contributed by atoms with Crippen LogP contribution in [0.15, 0.2) is 66.7 Å². The molecule has 8 heteroatoms. The van der Waals surface area contributed by atoms with Gasteiger partial charge in [0.15, 0.2) is 4.87 Å². The normalized spacial score (nSPS) is 19.0. The third-order valence-corrected chi connectivity index (χ3v) is 7.59. The SMILES string of the molecule is COc1cccc(NC(=O)N2CCSC23C(=O)N(Cc2ccc(F)cc2)c2ccc(C)cc23)c1. The van der Waals surface area contributed by atoms with Crippen LogP contribution in [-0.4, -0.2) is 36.2 Å². The molecule has 0 aromatic heterocycles. The van der Waals surface area contributed by atoms with Gasteiger partial charge in [-0.15, -0.1) is 11.8 Å². The summed E-state index contributed by atoms with van der Waals surface area (Å²) >= 11 is 1.47. The third kappa shape index (κ3) is 3.68. The smallest absolute Gasteiger partial charge is 0.323 e. The van der Waals surface area contributed by atoms with Gasteiger partial charge >= 0.3 is 6.03 Å². The van der Waals surface area contributed by atoms with Crippen molar-refractivity contribution >= 4 is 35.1 Å². The van der Waals surface area contributed by atoms with E-state index in [-0.39, 0.29) is 17.8 Å². The zero-order valence-electron chi connectivity index (χ0n) is 18.9. The third-order valence-electron chi connectivity index (χ3n) is 6.17. The minimum atomic E-state index is -1.15. The van der Waals surface area contributed by atoms with Crippen LogP contribution in [0.3, 0.4) is 0 Å². The Kier molecular flexibility index (Phi) is 5.69. The number of carbonyl (C=O) groups excluding carboxylic acids is 2. The number of hydrogen-bond donors (Lipinski definition) is 1. The summed E-state index contributed by atoms with van der Waals surface area (Å²) in [5.74, 6) is 0.776. The standard InChI is InChI=1S/C26H24FN3O3S/c1-17-6-11-23-22(14-17)26(24(31)29(23)16-18-7-9-19(27)10-8-18)30(12-13-34-26)25(32)28-20-4-3-5-21(15-20)33-2/h3-11,14-15H,12-13,16H2,1-2H3,(H,28,32). The number of fused-ring (bicyclic) bond motifs is 2. The quantitative estimate of drug-likeness (QED) is 0.566. The van der Waals surface area contributed by atoms with E-state index in [2.05, 4.69) is 5.32 Å². The molecule has 5 rings (SSSR count). The number of benzene rings is 3. The Labute approximate surface area is 201 Å². The molecule has 3 amide bonds. The molecular formula is C26H24FN3O3S. The molecule has 2 heterocycles. The first-order valence-electron chi connectivity index (χ1n) is 11.0. The van der Waals surface area contributed by atoms with Crippen molar-refractivity contribution in [1.29, 1.82) is 0 Å². The molecular weight excluding hydrogens is 453 g/mol. The van der Waals surface area contributed by atoms with Crippen LogP contribution in [0, 0.1) is 12.7 Å². The van der Waals surface area contributed by atoms with E-state index in [9.17, 15) is 14.0 Å². The zero-order chi connectivity index (χ0) is 23.9. The van der Waals surface area contributed by atoms with Crippen molar-refractivity contribution in [3.05, 3.63) is 89.2 Å². The number of anilines is 2. The van der Waals surface area contributed by atoms with Crippen molar-refractivity contribution in [2.45, 2.75) is 18.3 Å². The minimum absolute atomic E-state index is 0.166. The number of rotatable bonds is 4. The molecule has 1 unspecified atom stereocenters. The van der Waals surface area contributed by atoms with Crippen molar-refractivity contribution in [2.75, 3.05) is 29.6 Å². The Hall–Kier alpha value is -3.52. The van der Waals surface area contributed by atoms with E-state index in [0.29, 0.717) is 30.3 Å². The van der Waals surface area contributed by atoms with E-state index >= 15 is 0 Å². The summed E-state index contributed by atoms with van der Waals surface area (Å²) in [4.78, 5) is 29.7. The monoisotopic (exact) mass is 477 g/mol. The van der Waals surface area contributed by atoms with Crippen LogP contribution in [0.2, 0.25) is 0 Å². The zero-order valence-corrected chi connectivity index (χ0v) is 19.7. The van der Waals surface area contributed by atoms with Gasteiger partial charge in [0.2, 0.25) is 0 Å². The Morgan fingerprint density at radius 2 is 1.94 bits per heavy atom. The maximum Gasteiger partial charge on any atom is 0.323 e. The topological polar surface area (TPSA) is 61.9 Å². The average molecular weight is 478 g/mol. The minimum Gasteiger partial charge on any atom is -0.497 e. The Balaban J connectivity index is 1.51. The number of nitrogens with zero attached hydrogens (tertiary/aromatic N) is 2. The van der Waals surface area contributed by atoms with Gasteiger partial charge in [0.05, 0.1) is 19.3 Å². The predicted octanol–water partition coefficient (Wildman–Crippen LogP) is 5.12. The van der Waals surface area contributed by atoms with Gasteiger partial charge in [0, 0.05) is 29.6 Å². The summed E-state index contributed by atoms with van der Waals surface area (Å²) in [7, 11) is 1.57. The number of ether oxygens (including phenoxy) is 1. The molecule has 1 N–H and O–H groups in total. The molecule has 2 aliphatic rings. The largest absolute Gasteiger partial charge is 0.497 e. The molecule has 1 atom stereocenters. The molecule has 2 aliphatic heterocycles. The van der Waals surface area contributed by atoms with Crippen molar-refractivity contribution in [3.63, 3.8) is 0 Å². The Bertz CT molecular complexity index is 1270. The van der Waals surface area contributed by atoms with Crippen LogP contribution in [-0.2, 0) is 16.2 Å². The van der Waals surface area contributed by atoms with Crippen molar-refractivity contribution in [3.8, 4) is 5.75 Å². The highest BCUT2D eigenvalue weighted by atomic mass is 32.2. The predicted molar refractivity (Wildman–Crippen MR) is 132 cm³/mol. The average Bonchev–Trinajstić information content (AvgIpc) is 3.38. The number of aryl methyl sites for hydroxylation is 1. The maximum atomic E-state index is 14.0. The van der Waals surface area contributed by atoms with Crippen LogP contribution in [0.4, 0.5) is 20.6 Å². The molecule has 0 bridgehead atoms. The summed E-state index contributed by atoms with van der Waals surface area (Å²) < 4.78 is 18.7. The molecule has 0 saturated carbocycles. The molecule has 1 spiro atoms. The molecule has 0 aliphatic carbocycles. The van der Waals surface area contributed by atoms with E-state index in [1.807, 2.05) is 25.1 Å². The van der Waals surface area contributed by atoms with E-state index in [0.717, 1.165) is 22.4 Å². The Morgan fingerprint density at radius 1 is 1.15 bits per heavy atom. The van der Waals surface area contributed by atoms with Gasteiger partial charge in [-0.25, -0.2) is 9.18 Å². The number of amides is 3. The first-order valence-corrected chi connectivity index (χ1v) is 11.9. The van der Waals surface area contributed by atoms with Crippen LogP contribution in [0.1, 0.15) is 16.7 Å². The summed E-state index contributed by atoms with van der Waals surface area (Å²) in [5.41, 5.74) is 4.00. The van der Waals surface area contributed by atoms with Crippen molar-refractivity contribution in [1.82, 2.24) is 4.90 Å². The van der Waals surface area contributed by atoms with Crippen LogP contribution >= 0.6 is 11.8 Å². The maximum absolute atomic E-state index is 14.0. The van der Waals surface area contributed by atoms with Crippen molar-refractivity contribution < 1.29 is 18.7 Å². The summed E-state index contributed by atoms with van der Waals surface area (Å²) in [6.07, 6.45) is 0. The highest BCUT2D eigenvalue weighted by Crippen LogP contribution is 2.54. The van der Waals surface area contributed by atoms with E-state index in [4.69, 9.17) is 4.74 Å². The van der Waals surface area contributed by atoms with E-state index in [1.165, 1.54) is 23.9 Å². The summed E-state index contributed by atoms with van der Waals surface area (Å²) in [5, 5.41) is 2.93. The van der Waals surface area contributed by atoms with Crippen LogP contribution < -0.4 is 15.0 Å². The molecule has 3 aromatic rings. The van der Waals surface area contributed by atoms with Gasteiger partial charge in [0.1, 0.15) is 11.6 Å². The van der Waals surface area contributed by atoms with Gasteiger partial charge in [-0.3, -0.25) is 9.69 Å². The van der Waals surface area contributed by atoms with Gasteiger partial charge < -0.3 is 15.0 Å². The van der Waals surface area contributed by atoms with Crippen molar-refractivity contribution in [2.24, 2.45) is 0 Å². The second kappa shape index (κ2) is 8.68. The van der Waals surface area contributed by atoms with E-state index < -0.39 is 4.87 Å². The number of halogens is 1. The van der Waals surface area contributed by atoms with Crippen LogP contribution in [0.25, 0.3) is 0 Å². The fourth-order valence-electron chi connectivity index (χ4n) is 4.55. The molecule has 0 radical (unpaired) electrons. The summed E-state index contributed by atoms with van der Waals surface area (Å²) in [6, 6.07) is 18.8. The van der Waals surface area contributed by atoms with Gasteiger partial charge in [-0.2, -0.15) is 0 Å². The molecule has 1 fully saturated rings. The first-order chi connectivity index (χ1) is 16.4. The van der Waals surface area contributed by atoms with Crippen LogP contribution in [0.5, 0.6) is 5.75 Å². The first kappa shape index (κ1) is 22.3. The molecule has 6 nitrogen and oxygen atoms in total. The number of methoxy groups -OCH3 is 1. The lowest BCUT2D eigenvalue weighted by Crippen LogP contribution is -2.51. The lowest BCUT2D eigenvalue weighted by Gasteiger charge is -2.33. The lowest BCUT2D eigenvalue weighted by atomic mass is 10.0. The second-order valence-corrected chi connectivity index (χ2v) is 9.63. The molecule has 1 saturated heterocycles. The number of thioether (sulfide) groups is 1. The number of hydrogen-bond acceptors (Lipinski definition) is 4. The number of carbonyl (C=O) groups is 2. The number of nitrogens with one attached hydrogen (secondary N) is 1. The fraction of sp³-hybridized carbons (Fsp3) is 0.231. The number of urea groups is 1. The fourth-order valence-corrected chi connectivity index (χ4v) is 6.00. The molecule has 174 valence electrons.